The molecule has 18 heavy (non-hydrogen) atoms. The van der Waals surface area contributed by atoms with Crippen LogP contribution in [-0.4, -0.2) is 7.05 Å². The summed E-state index contributed by atoms with van der Waals surface area (Å²) in [7, 11) is 2.01. The number of thiophene rings is 1. The quantitative estimate of drug-likeness (QED) is 0.899. The zero-order valence-electron chi connectivity index (χ0n) is 10.3. The SMILES string of the molecule is CNC(c1occc1Br)C1CCCc2sccc21. The lowest BCUT2D eigenvalue weighted by molar-refractivity contribution is 0.357. The van der Waals surface area contributed by atoms with E-state index in [4.69, 9.17) is 4.42 Å². The van der Waals surface area contributed by atoms with Gasteiger partial charge in [0.25, 0.3) is 0 Å². The second-order valence-electron chi connectivity index (χ2n) is 4.70. The van der Waals surface area contributed by atoms with Crippen molar-refractivity contribution < 1.29 is 4.42 Å². The van der Waals surface area contributed by atoms with Gasteiger partial charge < -0.3 is 9.73 Å². The molecule has 3 rings (SSSR count). The van der Waals surface area contributed by atoms with Crippen molar-refractivity contribution in [3.05, 3.63) is 44.4 Å². The van der Waals surface area contributed by atoms with Crippen LogP contribution in [0.15, 0.2) is 32.7 Å². The van der Waals surface area contributed by atoms with Crippen LogP contribution in [0.25, 0.3) is 0 Å². The predicted octanol–water partition coefficient (Wildman–Crippen LogP) is 4.48. The Labute approximate surface area is 120 Å². The Hall–Kier alpha value is -0.580. The maximum Gasteiger partial charge on any atom is 0.135 e. The van der Waals surface area contributed by atoms with Gasteiger partial charge in [-0.2, -0.15) is 0 Å². The Morgan fingerprint density at radius 1 is 1.50 bits per heavy atom. The molecule has 96 valence electrons. The fraction of sp³-hybridized carbons (Fsp3) is 0.429. The maximum absolute atomic E-state index is 5.66. The van der Waals surface area contributed by atoms with Crippen LogP contribution in [-0.2, 0) is 6.42 Å². The lowest BCUT2D eigenvalue weighted by atomic mass is 9.81. The minimum Gasteiger partial charge on any atom is -0.466 e. The first-order chi connectivity index (χ1) is 8.81. The average molecular weight is 326 g/mol. The second kappa shape index (κ2) is 5.19. The summed E-state index contributed by atoms with van der Waals surface area (Å²) in [6.07, 6.45) is 5.48. The topological polar surface area (TPSA) is 25.2 Å². The summed E-state index contributed by atoms with van der Waals surface area (Å²) >= 11 is 5.46. The molecule has 1 aliphatic carbocycles. The van der Waals surface area contributed by atoms with E-state index in [-0.39, 0.29) is 6.04 Å². The predicted molar refractivity (Wildman–Crippen MR) is 78.2 cm³/mol. The molecule has 2 unspecified atom stereocenters. The van der Waals surface area contributed by atoms with Gasteiger partial charge in [-0.3, -0.25) is 0 Å². The lowest BCUT2D eigenvalue weighted by Crippen LogP contribution is -2.26. The first kappa shape index (κ1) is 12.5. The summed E-state index contributed by atoms with van der Waals surface area (Å²) in [6, 6.07) is 4.50. The van der Waals surface area contributed by atoms with Gasteiger partial charge in [-0.25, -0.2) is 0 Å². The van der Waals surface area contributed by atoms with Gasteiger partial charge in [-0.15, -0.1) is 11.3 Å². The molecule has 0 saturated carbocycles. The van der Waals surface area contributed by atoms with E-state index in [2.05, 4.69) is 32.7 Å². The van der Waals surface area contributed by atoms with Crippen LogP contribution in [0.4, 0.5) is 0 Å². The van der Waals surface area contributed by atoms with Crippen molar-refractivity contribution in [2.45, 2.75) is 31.2 Å². The number of furan rings is 1. The van der Waals surface area contributed by atoms with Crippen molar-refractivity contribution in [3.8, 4) is 0 Å². The maximum atomic E-state index is 5.66. The Morgan fingerprint density at radius 3 is 3.11 bits per heavy atom. The minimum absolute atomic E-state index is 0.253. The molecule has 0 saturated heterocycles. The summed E-state index contributed by atoms with van der Waals surface area (Å²) < 4.78 is 6.72. The first-order valence-electron chi connectivity index (χ1n) is 6.27. The smallest absolute Gasteiger partial charge is 0.135 e. The fourth-order valence-electron chi connectivity index (χ4n) is 2.91. The van der Waals surface area contributed by atoms with Gasteiger partial charge in [0, 0.05) is 10.8 Å². The van der Waals surface area contributed by atoms with E-state index in [1.807, 2.05) is 24.5 Å². The normalized spacial score (nSPS) is 20.7. The third-order valence-corrected chi connectivity index (χ3v) is 5.39. The van der Waals surface area contributed by atoms with Crippen molar-refractivity contribution in [3.63, 3.8) is 0 Å². The van der Waals surface area contributed by atoms with E-state index in [1.54, 1.807) is 11.1 Å². The molecular formula is C14H16BrNOS. The molecule has 1 N–H and O–H groups in total. The van der Waals surface area contributed by atoms with Crippen molar-refractivity contribution >= 4 is 27.3 Å². The highest BCUT2D eigenvalue weighted by molar-refractivity contribution is 9.10. The molecular weight excluding hydrogens is 310 g/mol. The molecule has 2 aromatic heterocycles. The molecule has 0 spiro atoms. The van der Waals surface area contributed by atoms with Crippen LogP contribution in [0.1, 0.15) is 41.0 Å². The third-order valence-electron chi connectivity index (χ3n) is 3.74. The first-order valence-corrected chi connectivity index (χ1v) is 7.95. The fourth-order valence-corrected chi connectivity index (χ4v) is 4.36. The molecule has 0 aliphatic heterocycles. The second-order valence-corrected chi connectivity index (χ2v) is 6.55. The number of halogens is 1. The van der Waals surface area contributed by atoms with Gasteiger partial charge in [-0.1, -0.05) is 0 Å². The average Bonchev–Trinajstić information content (AvgIpc) is 3.00. The van der Waals surface area contributed by atoms with Crippen LogP contribution in [0.5, 0.6) is 0 Å². The van der Waals surface area contributed by atoms with E-state index < -0.39 is 0 Å². The number of likely N-dealkylation sites (N-methyl/N-ethyl adjacent to an activating group) is 1. The zero-order valence-corrected chi connectivity index (χ0v) is 12.7. The summed E-state index contributed by atoms with van der Waals surface area (Å²) in [5, 5.41) is 5.64. The summed E-state index contributed by atoms with van der Waals surface area (Å²) in [4.78, 5) is 1.55. The highest BCUT2D eigenvalue weighted by atomic mass is 79.9. The molecule has 0 aromatic carbocycles. The van der Waals surface area contributed by atoms with Crippen LogP contribution in [0, 0.1) is 0 Å². The Kier molecular flexibility index (Phi) is 3.59. The molecule has 1 aliphatic rings. The zero-order chi connectivity index (χ0) is 12.5. The van der Waals surface area contributed by atoms with Crippen molar-refractivity contribution in [2.24, 2.45) is 0 Å². The van der Waals surface area contributed by atoms with E-state index >= 15 is 0 Å². The van der Waals surface area contributed by atoms with Crippen molar-refractivity contribution in [1.29, 1.82) is 0 Å². The van der Waals surface area contributed by atoms with Gasteiger partial charge >= 0.3 is 0 Å². The Bertz CT molecular complexity index is 533. The Morgan fingerprint density at radius 2 is 2.39 bits per heavy atom. The molecule has 0 fully saturated rings. The van der Waals surface area contributed by atoms with Crippen LogP contribution in [0.3, 0.4) is 0 Å². The van der Waals surface area contributed by atoms with Crippen molar-refractivity contribution in [1.82, 2.24) is 5.32 Å². The molecule has 2 aromatic rings. The standard InChI is InChI=1S/C14H16BrNOS/c1-16-13(14-11(15)5-7-17-14)10-3-2-4-12-9(10)6-8-18-12/h5-8,10,13,16H,2-4H2,1H3. The van der Waals surface area contributed by atoms with Crippen LogP contribution >= 0.6 is 27.3 Å². The summed E-state index contributed by atoms with van der Waals surface area (Å²) in [6.45, 7) is 0. The molecule has 0 amide bonds. The van der Waals surface area contributed by atoms with Gasteiger partial charge in [0.2, 0.25) is 0 Å². The van der Waals surface area contributed by atoms with Crippen molar-refractivity contribution in [2.75, 3.05) is 7.05 Å². The van der Waals surface area contributed by atoms with Crippen LogP contribution in [0.2, 0.25) is 0 Å². The third kappa shape index (κ3) is 2.06. The molecule has 2 heterocycles. The molecule has 4 heteroatoms. The van der Waals surface area contributed by atoms with Gasteiger partial charge in [0.15, 0.2) is 0 Å². The van der Waals surface area contributed by atoms with Gasteiger partial charge in [0.1, 0.15) is 5.76 Å². The highest BCUT2D eigenvalue weighted by Gasteiger charge is 2.31. The number of rotatable bonds is 3. The van der Waals surface area contributed by atoms with E-state index in [0.717, 1.165) is 10.2 Å². The molecule has 2 nitrogen and oxygen atoms in total. The lowest BCUT2D eigenvalue weighted by Gasteiger charge is -2.29. The van der Waals surface area contributed by atoms with E-state index in [0.29, 0.717) is 5.92 Å². The molecule has 2 atom stereocenters. The van der Waals surface area contributed by atoms with E-state index in [1.165, 1.54) is 24.8 Å². The van der Waals surface area contributed by atoms with Crippen LogP contribution < -0.4 is 5.32 Å². The molecule has 0 radical (unpaired) electrons. The number of hydrogen-bond donors (Lipinski definition) is 1. The van der Waals surface area contributed by atoms with Gasteiger partial charge in [-0.05, 0) is 65.3 Å². The number of aryl methyl sites for hydroxylation is 1. The number of nitrogens with one attached hydrogen (secondary N) is 1. The Balaban J connectivity index is 1.97. The summed E-state index contributed by atoms with van der Waals surface area (Å²) in [5.74, 6) is 1.54. The monoisotopic (exact) mass is 325 g/mol. The van der Waals surface area contributed by atoms with Gasteiger partial charge in [0.05, 0.1) is 16.8 Å². The largest absolute Gasteiger partial charge is 0.466 e. The van der Waals surface area contributed by atoms with E-state index in [9.17, 15) is 0 Å². The number of fused-ring (bicyclic) bond motifs is 1. The highest BCUT2D eigenvalue weighted by Crippen LogP contribution is 2.43. The minimum atomic E-state index is 0.253. The number of hydrogen-bond acceptors (Lipinski definition) is 3. The molecule has 0 bridgehead atoms. The summed E-state index contributed by atoms with van der Waals surface area (Å²) in [5.41, 5.74) is 1.51.